The number of phenolic OH excluding ortho intramolecular Hbond substituents is 1. The Hall–Kier alpha value is -1.56. The number of aliphatic hydroxyl groups excluding tert-OH is 1. The zero-order chi connectivity index (χ0) is 15.7. The van der Waals surface area contributed by atoms with Crippen molar-refractivity contribution in [2.75, 3.05) is 13.1 Å². The molecule has 2 heterocycles. The average Bonchev–Trinajstić information content (AvgIpc) is 3.02. The maximum Gasteiger partial charge on any atom is 0.134 e. The summed E-state index contributed by atoms with van der Waals surface area (Å²) in [4.78, 5) is 2.16. The third kappa shape index (κ3) is 3.27. The van der Waals surface area contributed by atoms with Gasteiger partial charge in [0, 0.05) is 31.2 Å². The normalized spacial score (nSPS) is 22.3. The topological polar surface area (TPSA) is 72.4 Å². The van der Waals surface area contributed by atoms with Crippen LogP contribution in [-0.4, -0.2) is 44.5 Å². The summed E-state index contributed by atoms with van der Waals surface area (Å²) in [6.45, 7) is 4.00. The van der Waals surface area contributed by atoms with E-state index in [1.54, 1.807) is 12.1 Å². The van der Waals surface area contributed by atoms with Crippen LogP contribution in [0.5, 0.6) is 5.75 Å². The van der Waals surface area contributed by atoms with Crippen LogP contribution in [0.15, 0.2) is 24.3 Å². The van der Waals surface area contributed by atoms with Gasteiger partial charge in [-0.3, -0.25) is 10.00 Å². The van der Waals surface area contributed by atoms with Gasteiger partial charge in [0.25, 0.3) is 0 Å². The highest BCUT2D eigenvalue weighted by Gasteiger charge is 2.32. The Balaban J connectivity index is 1.64. The molecular weight excluding hydrogens is 302 g/mol. The SMILES string of the molecule is Cc1cc(CC2CN(Cc3cccc(O)c3Cl)CC2O)n[nH]1. The van der Waals surface area contributed by atoms with Crippen LogP contribution in [-0.2, 0) is 13.0 Å². The van der Waals surface area contributed by atoms with Gasteiger partial charge in [-0.25, -0.2) is 0 Å². The van der Waals surface area contributed by atoms with Crippen molar-refractivity contribution in [2.45, 2.75) is 26.0 Å². The summed E-state index contributed by atoms with van der Waals surface area (Å²) >= 11 is 6.12. The minimum absolute atomic E-state index is 0.0995. The first-order valence-corrected chi connectivity index (χ1v) is 7.78. The summed E-state index contributed by atoms with van der Waals surface area (Å²) in [7, 11) is 0. The Kier molecular flexibility index (Phi) is 4.38. The smallest absolute Gasteiger partial charge is 0.134 e. The number of nitrogens with zero attached hydrogens (tertiary/aromatic N) is 2. The van der Waals surface area contributed by atoms with Crippen LogP contribution in [0, 0.1) is 12.8 Å². The predicted octanol–water partition coefficient (Wildman–Crippen LogP) is 2.11. The minimum atomic E-state index is -0.368. The summed E-state index contributed by atoms with van der Waals surface area (Å²) in [6, 6.07) is 7.28. The van der Waals surface area contributed by atoms with Crippen molar-refractivity contribution >= 4 is 11.6 Å². The highest BCUT2D eigenvalue weighted by molar-refractivity contribution is 6.32. The molecule has 1 aromatic heterocycles. The molecule has 5 nitrogen and oxygen atoms in total. The maximum absolute atomic E-state index is 10.3. The van der Waals surface area contributed by atoms with Gasteiger partial charge in [-0.15, -0.1) is 0 Å². The summed E-state index contributed by atoms with van der Waals surface area (Å²) in [5, 5.41) is 27.5. The van der Waals surface area contributed by atoms with Crippen molar-refractivity contribution in [3.63, 3.8) is 0 Å². The van der Waals surface area contributed by atoms with E-state index in [0.29, 0.717) is 18.1 Å². The molecule has 0 saturated carbocycles. The monoisotopic (exact) mass is 321 g/mol. The van der Waals surface area contributed by atoms with Crippen LogP contribution < -0.4 is 0 Å². The van der Waals surface area contributed by atoms with Crippen molar-refractivity contribution in [1.82, 2.24) is 15.1 Å². The number of likely N-dealkylation sites (tertiary alicyclic amines) is 1. The molecule has 0 amide bonds. The average molecular weight is 322 g/mol. The zero-order valence-electron chi connectivity index (χ0n) is 12.5. The molecule has 118 valence electrons. The molecule has 2 aromatic rings. The largest absolute Gasteiger partial charge is 0.506 e. The molecule has 6 heteroatoms. The van der Waals surface area contributed by atoms with Gasteiger partial charge in [0.15, 0.2) is 0 Å². The van der Waals surface area contributed by atoms with Gasteiger partial charge >= 0.3 is 0 Å². The first kappa shape index (κ1) is 15.3. The van der Waals surface area contributed by atoms with Crippen molar-refractivity contribution in [1.29, 1.82) is 0 Å². The number of aryl methyl sites for hydroxylation is 1. The molecule has 1 aromatic carbocycles. The quantitative estimate of drug-likeness (QED) is 0.806. The van der Waals surface area contributed by atoms with Crippen molar-refractivity contribution in [2.24, 2.45) is 5.92 Å². The first-order chi connectivity index (χ1) is 10.5. The molecule has 1 aliphatic rings. The molecule has 0 aliphatic carbocycles. The number of nitrogens with one attached hydrogen (secondary N) is 1. The summed E-state index contributed by atoms with van der Waals surface area (Å²) in [6.07, 6.45) is 0.392. The van der Waals surface area contributed by atoms with Gasteiger partial charge in [-0.1, -0.05) is 23.7 Å². The Labute approximate surface area is 134 Å². The predicted molar refractivity (Wildman–Crippen MR) is 84.9 cm³/mol. The number of aromatic hydroxyl groups is 1. The van der Waals surface area contributed by atoms with Crippen LogP contribution in [0.1, 0.15) is 17.0 Å². The molecule has 0 bridgehead atoms. The van der Waals surface area contributed by atoms with Gasteiger partial charge in [0.1, 0.15) is 5.75 Å². The van der Waals surface area contributed by atoms with E-state index >= 15 is 0 Å². The van der Waals surface area contributed by atoms with Gasteiger partial charge in [0.2, 0.25) is 0 Å². The number of phenols is 1. The Bertz CT molecular complexity index is 659. The second-order valence-electron chi connectivity index (χ2n) is 6.02. The third-order valence-corrected chi connectivity index (χ3v) is 4.60. The number of β-amino-alcohol motifs (C(OH)–C–C–N with tert-alkyl or cyclic N) is 1. The number of aromatic amines is 1. The van der Waals surface area contributed by atoms with Crippen LogP contribution in [0.4, 0.5) is 0 Å². The van der Waals surface area contributed by atoms with E-state index in [-0.39, 0.29) is 17.8 Å². The summed E-state index contributed by atoms with van der Waals surface area (Å²) in [5.74, 6) is 0.265. The van der Waals surface area contributed by atoms with E-state index in [1.165, 1.54) is 0 Å². The highest BCUT2D eigenvalue weighted by Crippen LogP contribution is 2.29. The first-order valence-electron chi connectivity index (χ1n) is 7.40. The lowest BCUT2D eigenvalue weighted by Crippen LogP contribution is -2.21. The highest BCUT2D eigenvalue weighted by atomic mass is 35.5. The van der Waals surface area contributed by atoms with E-state index in [1.807, 2.05) is 19.1 Å². The number of benzene rings is 1. The van der Waals surface area contributed by atoms with Gasteiger partial charge in [-0.2, -0.15) is 5.10 Å². The van der Waals surface area contributed by atoms with Gasteiger partial charge in [-0.05, 0) is 31.0 Å². The Morgan fingerprint density at radius 2 is 2.23 bits per heavy atom. The summed E-state index contributed by atoms with van der Waals surface area (Å²) < 4.78 is 0. The number of H-pyrrole nitrogens is 1. The molecule has 0 spiro atoms. The second kappa shape index (κ2) is 6.28. The fraction of sp³-hybridized carbons (Fsp3) is 0.438. The number of hydrogen-bond donors (Lipinski definition) is 3. The molecule has 1 fully saturated rings. The van der Waals surface area contributed by atoms with Crippen LogP contribution >= 0.6 is 11.6 Å². The van der Waals surface area contributed by atoms with E-state index in [9.17, 15) is 10.2 Å². The molecule has 1 aliphatic heterocycles. The molecule has 1 saturated heterocycles. The van der Waals surface area contributed by atoms with Crippen molar-refractivity contribution in [3.8, 4) is 5.75 Å². The molecule has 0 radical (unpaired) electrons. The molecule has 3 rings (SSSR count). The molecule has 2 unspecified atom stereocenters. The van der Waals surface area contributed by atoms with E-state index in [2.05, 4.69) is 15.1 Å². The number of rotatable bonds is 4. The van der Waals surface area contributed by atoms with E-state index < -0.39 is 0 Å². The molecule has 22 heavy (non-hydrogen) atoms. The van der Waals surface area contributed by atoms with E-state index in [0.717, 1.165) is 29.9 Å². The molecule has 3 N–H and O–H groups in total. The molecular formula is C16H20ClN3O2. The number of halogens is 1. The number of hydrogen-bond acceptors (Lipinski definition) is 4. The summed E-state index contributed by atoms with van der Waals surface area (Å²) in [5.41, 5.74) is 2.90. The molecule has 2 atom stereocenters. The van der Waals surface area contributed by atoms with Crippen LogP contribution in [0.2, 0.25) is 5.02 Å². The maximum atomic E-state index is 10.3. The van der Waals surface area contributed by atoms with Crippen LogP contribution in [0.3, 0.4) is 0 Å². The standard InChI is InChI=1S/C16H20ClN3O2/c1-10-5-13(19-18-10)6-12-8-20(9-15(12)22)7-11-3-2-4-14(21)16(11)17/h2-5,12,15,21-22H,6-9H2,1H3,(H,18,19). The third-order valence-electron chi connectivity index (χ3n) is 4.16. The van der Waals surface area contributed by atoms with Crippen molar-refractivity contribution < 1.29 is 10.2 Å². The number of aliphatic hydroxyl groups is 1. The Morgan fingerprint density at radius 1 is 1.41 bits per heavy atom. The zero-order valence-corrected chi connectivity index (χ0v) is 13.2. The Morgan fingerprint density at radius 3 is 2.95 bits per heavy atom. The fourth-order valence-corrected chi connectivity index (χ4v) is 3.23. The number of aromatic nitrogens is 2. The lowest BCUT2D eigenvalue weighted by Gasteiger charge is -2.16. The van der Waals surface area contributed by atoms with Crippen LogP contribution in [0.25, 0.3) is 0 Å². The van der Waals surface area contributed by atoms with Crippen molar-refractivity contribution in [3.05, 3.63) is 46.2 Å². The fourth-order valence-electron chi connectivity index (χ4n) is 3.05. The van der Waals surface area contributed by atoms with Gasteiger partial charge in [0.05, 0.1) is 16.8 Å². The second-order valence-corrected chi connectivity index (χ2v) is 6.40. The van der Waals surface area contributed by atoms with E-state index in [4.69, 9.17) is 11.6 Å². The lowest BCUT2D eigenvalue weighted by molar-refractivity contribution is 0.140. The lowest BCUT2D eigenvalue weighted by atomic mass is 10.0. The van der Waals surface area contributed by atoms with Gasteiger partial charge < -0.3 is 10.2 Å². The minimum Gasteiger partial charge on any atom is -0.506 e.